The fourth-order valence-electron chi connectivity index (χ4n) is 0.145. The Morgan fingerprint density at radius 3 is 1.60 bits per heavy atom. The third kappa shape index (κ3) is 2.16. The van der Waals surface area contributed by atoms with Gasteiger partial charge >= 0.3 is 12.2 Å². The van der Waals surface area contributed by atoms with E-state index in [2.05, 4.69) is 0 Å². The summed E-state index contributed by atoms with van der Waals surface area (Å²) < 4.78 is 65.9. The van der Waals surface area contributed by atoms with Gasteiger partial charge in [0.2, 0.25) is 0 Å². The highest BCUT2D eigenvalue weighted by Gasteiger charge is 2.39. The molecule has 0 aliphatic rings. The van der Waals surface area contributed by atoms with Gasteiger partial charge in [0.05, 0.1) is 0 Å². The molecule has 0 aromatic heterocycles. The van der Waals surface area contributed by atoms with Crippen LogP contribution >= 0.6 is 0 Å². The van der Waals surface area contributed by atoms with Crippen molar-refractivity contribution in [3.63, 3.8) is 0 Å². The lowest BCUT2D eigenvalue weighted by atomic mass is 10.6. The van der Waals surface area contributed by atoms with Crippen LogP contribution in [0, 0.1) is 0 Å². The quantitative estimate of drug-likeness (QED) is 0.429. The average Bonchev–Trinajstić information content (AvgIpc) is 1.83. The second-order valence-corrected chi connectivity index (χ2v) is 1.16. The largest absolute Gasteiger partial charge is 0.449 e. The Kier molecular flexibility index (Phi) is 2.56. The van der Waals surface area contributed by atoms with Crippen molar-refractivity contribution in [3.8, 4) is 0 Å². The van der Waals surface area contributed by atoms with Crippen LogP contribution in [-0.4, -0.2) is 6.18 Å². The maximum absolute atomic E-state index is 11.3. The Morgan fingerprint density at radius 1 is 1.10 bits per heavy atom. The molecule has 60 valence electrons. The number of hydrogen-bond acceptors (Lipinski definition) is 1. The molecular weight excluding hydrogens is 166 g/mol. The number of hydrogen-bond donors (Lipinski definition) is 0. The smallest absolute Gasteiger partial charge is 0.260 e. The van der Waals surface area contributed by atoms with Gasteiger partial charge in [-0.15, -0.1) is 0 Å². The highest BCUT2D eigenvalue weighted by atomic mass is 19.4. The van der Waals surface area contributed by atoms with E-state index < -0.39 is 18.0 Å². The third-order valence-corrected chi connectivity index (χ3v) is 0.489. The van der Waals surface area contributed by atoms with Gasteiger partial charge in [-0.05, 0) is 0 Å². The van der Waals surface area contributed by atoms with Gasteiger partial charge in [-0.2, -0.15) is 22.0 Å². The summed E-state index contributed by atoms with van der Waals surface area (Å²) in [5, 5.41) is 0. The molecule has 0 aliphatic heterocycles. The summed E-state index contributed by atoms with van der Waals surface area (Å²) in [6.07, 6.45) is -5.55. The molecule has 0 amide bonds. The minimum absolute atomic E-state index is 1.86. The Morgan fingerprint density at radius 2 is 1.50 bits per heavy atom. The standard InChI is InChI=1S/C3F6O/c4-1(2(5)10-9)3(6,7)8. The average molecular weight is 166 g/mol. The zero-order chi connectivity index (χ0) is 8.36. The molecule has 0 spiro atoms. The van der Waals surface area contributed by atoms with Gasteiger partial charge in [-0.25, -0.2) is 0 Å². The van der Waals surface area contributed by atoms with Gasteiger partial charge in [0, 0.05) is 4.53 Å². The van der Waals surface area contributed by atoms with Gasteiger partial charge in [-0.1, -0.05) is 0 Å². The lowest BCUT2D eigenvalue weighted by Crippen LogP contribution is -2.09. The highest BCUT2D eigenvalue weighted by molar-refractivity contribution is 4.99. The van der Waals surface area contributed by atoms with Crippen molar-refractivity contribution in [1.82, 2.24) is 0 Å². The summed E-state index contributed by atoms with van der Waals surface area (Å²) in [6, 6.07) is -2.92. The number of alkyl halides is 3. The first-order valence-corrected chi connectivity index (χ1v) is 1.80. The molecule has 0 rings (SSSR count). The van der Waals surface area contributed by atoms with Gasteiger partial charge in [0.25, 0.3) is 5.83 Å². The molecule has 10 heavy (non-hydrogen) atoms. The summed E-state index contributed by atoms with van der Waals surface area (Å²) >= 11 is 0. The van der Waals surface area contributed by atoms with E-state index in [0.29, 0.717) is 0 Å². The molecule has 0 saturated heterocycles. The van der Waals surface area contributed by atoms with Gasteiger partial charge < -0.3 is 0 Å². The van der Waals surface area contributed by atoms with Crippen molar-refractivity contribution >= 4 is 0 Å². The third-order valence-electron chi connectivity index (χ3n) is 0.489. The van der Waals surface area contributed by atoms with Crippen LogP contribution in [-0.2, 0) is 4.94 Å². The van der Waals surface area contributed by atoms with E-state index in [0.717, 1.165) is 0 Å². The lowest BCUT2D eigenvalue weighted by Gasteiger charge is -2.00. The molecule has 0 radical (unpaired) electrons. The maximum Gasteiger partial charge on any atom is 0.449 e. The zero-order valence-electron chi connectivity index (χ0n) is 4.18. The van der Waals surface area contributed by atoms with Crippen LogP contribution in [0.2, 0.25) is 0 Å². The van der Waals surface area contributed by atoms with Crippen molar-refractivity contribution in [1.29, 1.82) is 0 Å². The fourth-order valence-corrected chi connectivity index (χ4v) is 0.145. The Balaban J connectivity index is 4.47. The van der Waals surface area contributed by atoms with E-state index in [1.807, 2.05) is 4.94 Å². The van der Waals surface area contributed by atoms with Crippen molar-refractivity contribution in [2.75, 3.05) is 0 Å². The molecule has 0 unspecified atom stereocenters. The summed E-state index contributed by atoms with van der Waals surface area (Å²) in [6.45, 7) is 0. The molecule has 0 atom stereocenters. The summed E-state index contributed by atoms with van der Waals surface area (Å²) in [4.78, 5) is 1.86. The molecule has 0 aliphatic carbocycles. The Labute approximate surface area is 50.8 Å². The second kappa shape index (κ2) is 2.80. The maximum atomic E-state index is 11.3. The molecule has 1 nitrogen and oxygen atoms in total. The van der Waals surface area contributed by atoms with E-state index in [9.17, 15) is 26.5 Å². The molecule has 0 aromatic carbocycles. The van der Waals surface area contributed by atoms with E-state index in [-0.39, 0.29) is 0 Å². The molecular formula is C3F6O. The van der Waals surface area contributed by atoms with Crippen LogP contribution in [0.1, 0.15) is 0 Å². The molecule has 0 heterocycles. The topological polar surface area (TPSA) is 9.23 Å². The normalized spacial score (nSPS) is 14.6. The zero-order valence-corrected chi connectivity index (χ0v) is 4.18. The van der Waals surface area contributed by atoms with Crippen LogP contribution in [0.4, 0.5) is 26.5 Å². The van der Waals surface area contributed by atoms with E-state index in [1.54, 1.807) is 0 Å². The van der Waals surface area contributed by atoms with Crippen LogP contribution < -0.4 is 0 Å². The van der Waals surface area contributed by atoms with E-state index in [1.165, 1.54) is 0 Å². The van der Waals surface area contributed by atoms with E-state index >= 15 is 0 Å². The number of rotatable bonds is 1. The highest BCUT2D eigenvalue weighted by Crippen LogP contribution is 2.29. The van der Waals surface area contributed by atoms with Crippen LogP contribution in [0.5, 0.6) is 0 Å². The first-order valence-electron chi connectivity index (χ1n) is 1.80. The van der Waals surface area contributed by atoms with Crippen molar-refractivity contribution < 1.29 is 31.4 Å². The van der Waals surface area contributed by atoms with Gasteiger partial charge in [-0.3, -0.25) is 4.94 Å². The van der Waals surface area contributed by atoms with Crippen molar-refractivity contribution in [2.24, 2.45) is 0 Å². The summed E-state index contributed by atoms with van der Waals surface area (Å²) in [5.74, 6) is -3.23. The lowest BCUT2D eigenvalue weighted by molar-refractivity contribution is -0.148. The fraction of sp³-hybridized carbons (Fsp3) is 0.333. The molecule has 0 N–H and O–H groups in total. The van der Waals surface area contributed by atoms with Crippen LogP contribution in [0.15, 0.2) is 11.8 Å². The Hall–Kier alpha value is -0.880. The summed E-state index contributed by atoms with van der Waals surface area (Å²) in [7, 11) is 0. The van der Waals surface area contributed by atoms with Crippen LogP contribution in [0.3, 0.4) is 0 Å². The van der Waals surface area contributed by atoms with E-state index in [4.69, 9.17) is 0 Å². The predicted molar refractivity (Wildman–Crippen MR) is 17.5 cm³/mol. The van der Waals surface area contributed by atoms with Crippen molar-refractivity contribution in [2.45, 2.75) is 6.18 Å². The summed E-state index contributed by atoms with van der Waals surface area (Å²) in [5.41, 5.74) is 0. The molecule has 0 aromatic rings. The monoisotopic (exact) mass is 166 g/mol. The minimum atomic E-state index is -5.55. The van der Waals surface area contributed by atoms with Crippen molar-refractivity contribution in [3.05, 3.63) is 11.8 Å². The first-order chi connectivity index (χ1) is 4.39. The Bertz CT molecular complexity index is 146. The molecule has 7 heteroatoms. The molecule has 0 fully saturated rings. The first kappa shape index (κ1) is 9.12. The second-order valence-electron chi connectivity index (χ2n) is 1.16. The molecule has 0 saturated carbocycles. The SMILES string of the molecule is FOC(F)=C(F)C(F)(F)F. The molecule has 0 bridgehead atoms. The van der Waals surface area contributed by atoms with Gasteiger partial charge in [0.1, 0.15) is 0 Å². The number of halogens is 6. The minimum Gasteiger partial charge on any atom is -0.260 e. The van der Waals surface area contributed by atoms with Gasteiger partial charge in [0.15, 0.2) is 0 Å². The number of allylic oxidation sites excluding steroid dienone is 1. The predicted octanol–water partition coefficient (Wildman–Crippen LogP) is 2.56. The van der Waals surface area contributed by atoms with Crippen LogP contribution in [0.25, 0.3) is 0 Å².